The maximum absolute atomic E-state index is 12.2. The van der Waals surface area contributed by atoms with E-state index in [4.69, 9.17) is 0 Å². The van der Waals surface area contributed by atoms with Gasteiger partial charge in [0, 0.05) is 17.8 Å². The number of hydrogen-bond acceptors (Lipinski definition) is 3. The highest BCUT2D eigenvalue weighted by molar-refractivity contribution is 5.92. The Balaban J connectivity index is 1.70. The summed E-state index contributed by atoms with van der Waals surface area (Å²) in [5.41, 5.74) is 2.07. The zero-order valence-electron chi connectivity index (χ0n) is 10.9. The highest BCUT2D eigenvalue weighted by atomic mass is 16.2. The van der Waals surface area contributed by atoms with Crippen molar-refractivity contribution < 1.29 is 4.79 Å². The largest absolute Gasteiger partial charge is 0.310 e. The summed E-state index contributed by atoms with van der Waals surface area (Å²) in [6, 6.07) is 4.86. The molecule has 96 valence electrons. The number of carbonyl (C=O) groups is 1. The van der Waals surface area contributed by atoms with E-state index < -0.39 is 0 Å². The lowest BCUT2D eigenvalue weighted by Crippen LogP contribution is -2.33. The Hall–Kier alpha value is -1.42. The molecule has 0 aromatic carbocycles. The van der Waals surface area contributed by atoms with Gasteiger partial charge in [0.05, 0.1) is 5.92 Å². The van der Waals surface area contributed by atoms with Gasteiger partial charge < -0.3 is 10.6 Å². The Morgan fingerprint density at radius 1 is 1.39 bits per heavy atom. The van der Waals surface area contributed by atoms with Crippen LogP contribution in [0.4, 0.5) is 5.82 Å². The van der Waals surface area contributed by atoms with Crippen molar-refractivity contribution in [3.8, 4) is 0 Å². The third-order valence-corrected chi connectivity index (χ3v) is 3.99. The molecule has 2 bridgehead atoms. The number of fused-ring (bicyclic) bond motifs is 2. The third-order valence-electron chi connectivity index (χ3n) is 3.99. The summed E-state index contributed by atoms with van der Waals surface area (Å²) in [5.74, 6) is 0.916. The summed E-state index contributed by atoms with van der Waals surface area (Å²) in [6.07, 6.45) is 3.32. The van der Waals surface area contributed by atoms with E-state index in [1.54, 1.807) is 0 Å². The fourth-order valence-electron chi connectivity index (χ4n) is 3.24. The second-order valence-corrected chi connectivity index (χ2v) is 5.55. The topological polar surface area (TPSA) is 54.0 Å². The highest BCUT2D eigenvalue weighted by Crippen LogP contribution is 2.33. The van der Waals surface area contributed by atoms with Crippen molar-refractivity contribution in [2.24, 2.45) is 5.92 Å². The van der Waals surface area contributed by atoms with E-state index in [1.807, 2.05) is 26.0 Å². The van der Waals surface area contributed by atoms with Crippen molar-refractivity contribution in [2.45, 2.75) is 45.2 Å². The number of aromatic nitrogens is 1. The van der Waals surface area contributed by atoms with Crippen LogP contribution in [0, 0.1) is 19.8 Å². The van der Waals surface area contributed by atoms with E-state index >= 15 is 0 Å². The molecule has 4 heteroatoms. The van der Waals surface area contributed by atoms with Gasteiger partial charge in [0.15, 0.2) is 0 Å². The fourth-order valence-corrected chi connectivity index (χ4v) is 3.24. The molecule has 0 spiro atoms. The number of hydrogen-bond donors (Lipinski definition) is 2. The molecule has 1 aromatic rings. The molecule has 3 heterocycles. The molecule has 3 rings (SSSR count). The van der Waals surface area contributed by atoms with Gasteiger partial charge in [-0.05, 0) is 50.8 Å². The lowest BCUT2D eigenvalue weighted by Gasteiger charge is -2.19. The Morgan fingerprint density at radius 2 is 2.22 bits per heavy atom. The van der Waals surface area contributed by atoms with Crippen LogP contribution in [0.25, 0.3) is 0 Å². The monoisotopic (exact) mass is 245 g/mol. The Morgan fingerprint density at radius 3 is 2.83 bits per heavy atom. The number of pyridine rings is 1. The van der Waals surface area contributed by atoms with Gasteiger partial charge in [-0.2, -0.15) is 0 Å². The lowest BCUT2D eigenvalue weighted by molar-refractivity contribution is -0.120. The van der Waals surface area contributed by atoms with Gasteiger partial charge in [-0.15, -0.1) is 0 Å². The second-order valence-electron chi connectivity index (χ2n) is 5.55. The minimum Gasteiger partial charge on any atom is -0.310 e. The Labute approximate surface area is 107 Å². The molecule has 2 N–H and O–H groups in total. The minimum absolute atomic E-state index is 0.117. The van der Waals surface area contributed by atoms with Crippen LogP contribution in [0.3, 0.4) is 0 Å². The van der Waals surface area contributed by atoms with Crippen LogP contribution in [-0.4, -0.2) is 23.0 Å². The van der Waals surface area contributed by atoms with Crippen molar-refractivity contribution >= 4 is 11.7 Å². The number of anilines is 1. The predicted molar refractivity (Wildman–Crippen MR) is 70.4 cm³/mol. The van der Waals surface area contributed by atoms with E-state index in [2.05, 4.69) is 15.6 Å². The summed E-state index contributed by atoms with van der Waals surface area (Å²) in [6.45, 7) is 3.96. The van der Waals surface area contributed by atoms with E-state index in [0.29, 0.717) is 17.9 Å². The fraction of sp³-hybridized carbons (Fsp3) is 0.571. The highest BCUT2D eigenvalue weighted by Gasteiger charge is 2.42. The molecule has 0 radical (unpaired) electrons. The number of nitrogens with zero attached hydrogens (tertiary/aromatic N) is 1. The smallest absolute Gasteiger partial charge is 0.230 e. The van der Waals surface area contributed by atoms with Crippen LogP contribution in [0.5, 0.6) is 0 Å². The summed E-state index contributed by atoms with van der Waals surface area (Å²) in [7, 11) is 0. The van der Waals surface area contributed by atoms with E-state index in [9.17, 15) is 4.79 Å². The molecule has 0 saturated carbocycles. The van der Waals surface area contributed by atoms with Gasteiger partial charge >= 0.3 is 0 Å². The number of nitrogens with one attached hydrogen (secondary N) is 2. The molecule has 2 saturated heterocycles. The first-order valence-electron chi connectivity index (χ1n) is 6.64. The first kappa shape index (κ1) is 11.7. The van der Waals surface area contributed by atoms with Crippen LogP contribution >= 0.6 is 0 Å². The molecule has 2 fully saturated rings. The van der Waals surface area contributed by atoms with E-state index in [1.165, 1.54) is 6.42 Å². The molecule has 0 aliphatic carbocycles. The van der Waals surface area contributed by atoms with Crippen molar-refractivity contribution in [3.63, 3.8) is 0 Å². The van der Waals surface area contributed by atoms with Crippen LogP contribution in [-0.2, 0) is 4.79 Å². The zero-order chi connectivity index (χ0) is 12.7. The summed E-state index contributed by atoms with van der Waals surface area (Å²) in [4.78, 5) is 16.6. The minimum atomic E-state index is 0.117. The molecule has 18 heavy (non-hydrogen) atoms. The van der Waals surface area contributed by atoms with Gasteiger partial charge in [0.1, 0.15) is 5.82 Å². The normalized spacial score (nSPS) is 29.6. The summed E-state index contributed by atoms with van der Waals surface area (Å²) < 4.78 is 0. The van der Waals surface area contributed by atoms with Gasteiger partial charge in [-0.3, -0.25) is 4.79 Å². The van der Waals surface area contributed by atoms with Gasteiger partial charge in [-0.25, -0.2) is 4.98 Å². The predicted octanol–water partition coefficient (Wildman–Crippen LogP) is 1.78. The molecule has 3 atom stereocenters. The summed E-state index contributed by atoms with van der Waals surface area (Å²) in [5, 5.41) is 6.45. The van der Waals surface area contributed by atoms with Crippen molar-refractivity contribution in [1.82, 2.24) is 10.3 Å². The van der Waals surface area contributed by atoms with Gasteiger partial charge in [0.25, 0.3) is 0 Å². The molecule has 2 aliphatic heterocycles. The molecule has 1 aromatic heterocycles. The lowest BCUT2D eigenvalue weighted by atomic mass is 9.88. The van der Waals surface area contributed by atoms with Crippen LogP contribution in [0.2, 0.25) is 0 Å². The Kier molecular flexibility index (Phi) is 2.82. The molecular weight excluding hydrogens is 226 g/mol. The quantitative estimate of drug-likeness (QED) is 0.835. The van der Waals surface area contributed by atoms with Crippen molar-refractivity contribution in [2.75, 3.05) is 5.32 Å². The van der Waals surface area contributed by atoms with Crippen LogP contribution < -0.4 is 10.6 Å². The number of aryl methyl sites for hydroxylation is 2. The zero-order valence-corrected chi connectivity index (χ0v) is 10.9. The molecule has 3 unspecified atom stereocenters. The van der Waals surface area contributed by atoms with Gasteiger partial charge in [0.2, 0.25) is 5.91 Å². The van der Waals surface area contributed by atoms with Crippen molar-refractivity contribution in [1.29, 1.82) is 0 Å². The van der Waals surface area contributed by atoms with Crippen LogP contribution in [0.15, 0.2) is 12.1 Å². The van der Waals surface area contributed by atoms with Crippen molar-refractivity contribution in [3.05, 3.63) is 23.4 Å². The number of amides is 1. The maximum atomic E-state index is 12.2. The second kappa shape index (κ2) is 4.35. The SMILES string of the molecule is Cc1cc(C)nc(NC(=O)C2CC3CCC2N3)c1. The number of rotatable bonds is 2. The first-order chi connectivity index (χ1) is 8.61. The average Bonchev–Trinajstić information content (AvgIpc) is 2.88. The number of carbonyl (C=O) groups excluding carboxylic acids is 1. The average molecular weight is 245 g/mol. The molecule has 1 amide bonds. The molecular formula is C14H19N3O. The van der Waals surface area contributed by atoms with Crippen LogP contribution in [0.1, 0.15) is 30.5 Å². The Bertz CT molecular complexity index is 466. The van der Waals surface area contributed by atoms with E-state index in [0.717, 1.165) is 24.1 Å². The standard InChI is InChI=1S/C14H19N3O/c1-8-5-9(2)15-13(6-8)17-14(18)11-7-10-3-4-12(11)16-10/h5-6,10-12,16H,3-4,7H2,1-2H3,(H,15,17,18). The first-order valence-corrected chi connectivity index (χ1v) is 6.64. The summed E-state index contributed by atoms with van der Waals surface area (Å²) >= 11 is 0. The van der Waals surface area contributed by atoms with Gasteiger partial charge in [-0.1, -0.05) is 0 Å². The van der Waals surface area contributed by atoms with E-state index in [-0.39, 0.29) is 11.8 Å². The molecule has 4 nitrogen and oxygen atoms in total. The molecule has 2 aliphatic rings. The maximum Gasteiger partial charge on any atom is 0.230 e. The third kappa shape index (κ3) is 2.12.